The molecule has 0 amide bonds. The second kappa shape index (κ2) is 8.55. The Morgan fingerprint density at radius 2 is 1.87 bits per heavy atom. The van der Waals surface area contributed by atoms with Gasteiger partial charge in [-0.05, 0) is 50.6 Å². The van der Waals surface area contributed by atoms with Gasteiger partial charge in [-0.2, -0.15) is 0 Å². The van der Waals surface area contributed by atoms with Crippen molar-refractivity contribution in [1.82, 2.24) is 0 Å². The van der Waals surface area contributed by atoms with Crippen LogP contribution in [0.4, 0.5) is 13.2 Å². The van der Waals surface area contributed by atoms with Crippen LogP contribution in [0.3, 0.4) is 0 Å². The number of benzene rings is 2. The molecule has 162 valence electrons. The summed E-state index contributed by atoms with van der Waals surface area (Å²) in [6.45, 7) is 5.21. The Morgan fingerprint density at radius 3 is 2.47 bits per heavy atom. The molecule has 0 aliphatic carbocycles. The fourth-order valence-corrected chi connectivity index (χ4v) is 3.50. The Hall–Kier alpha value is -2.74. The van der Waals surface area contributed by atoms with Crippen LogP contribution in [0.25, 0.3) is 0 Å². The van der Waals surface area contributed by atoms with Crippen molar-refractivity contribution in [3.8, 4) is 11.5 Å². The maximum atomic E-state index is 14.5. The highest BCUT2D eigenvalue weighted by molar-refractivity contribution is 5.72. The highest BCUT2D eigenvalue weighted by atomic mass is 19.1. The largest absolute Gasteiger partial charge is 0.487 e. The number of fused-ring (bicyclic) bond motifs is 1. The van der Waals surface area contributed by atoms with Gasteiger partial charge in [-0.1, -0.05) is 0 Å². The number of carbonyl (C=O) groups is 1. The van der Waals surface area contributed by atoms with Crippen LogP contribution in [0.5, 0.6) is 11.5 Å². The van der Waals surface area contributed by atoms with E-state index >= 15 is 0 Å². The summed E-state index contributed by atoms with van der Waals surface area (Å²) in [7, 11) is 0. The van der Waals surface area contributed by atoms with E-state index in [0.717, 1.165) is 12.1 Å². The lowest BCUT2D eigenvalue weighted by molar-refractivity contribution is -0.149. The van der Waals surface area contributed by atoms with Crippen molar-refractivity contribution in [2.24, 2.45) is 0 Å². The SMILES string of the molecule is CCOC(Cc1cc(F)c(OCc2cc(F)cc3c2OC(C)(C)C3)c(F)c1)C(=O)O. The molecule has 0 fully saturated rings. The molecule has 0 aromatic heterocycles. The summed E-state index contributed by atoms with van der Waals surface area (Å²) in [6.07, 6.45) is -0.900. The Balaban J connectivity index is 1.78. The predicted octanol–water partition coefficient (Wildman–Crippen LogP) is 4.43. The van der Waals surface area contributed by atoms with Crippen LogP contribution in [0, 0.1) is 17.5 Å². The zero-order valence-corrected chi connectivity index (χ0v) is 16.9. The molecule has 1 aliphatic rings. The van der Waals surface area contributed by atoms with Crippen LogP contribution < -0.4 is 9.47 Å². The minimum Gasteiger partial charge on any atom is -0.487 e. The first-order chi connectivity index (χ1) is 14.1. The molecule has 1 heterocycles. The van der Waals surface area contributed by atoms with E-state index in [1.165, 1.54) is 12.1 Å². The predicted molar refractivity (Wildman–Crippen MR) is 102 cm³/mol. The summed E-state index contributed by atoms with van der Waals surface area (Å²) in [6, 6.07) is 4.59. The summed E-state index contributed by atoms with van der Waals surface area (Å²) < 4.78 is 59.1. The van der Waals surface area contributed by atoms with Crippen LogP contribution in [0.2, 0.25) is 0 Å². The summed E-state index contributed by atoms with van der Waals surface area (Å²) >= 11 is 0. The molecule has 0 saturated carbocycles. The zero-order valence-electron chi connectivity index (χ0n) is 16.9. The van der Waals surface area contributed by atoms with Gasteiger partial charge in [0.05, 0.1) is 0 Å². The maximum Gasteiger partial charge on any atom is 0.333 e. The Labute approximate surface area is 172 Å². The monoisotopic (exact) mass is 424 g/mol. The number of ether oxygens (including phenoxy) is 3. The second-order valence-corrected chi connectivity index (χ2v) is 7.76. The lowest BCUT2D eigenvalue weighted by Gasteiger charge is -2.18. The van der Waals surface area contributed by atoms with Gasteiger partial charge < -0.3 is 19.3 Å². The van der Waals surface area contributed by atoms with Gasteiger partial charge in [0, 0.05) is 30.6 Å². The summed E-state index contributed by atoms with van der Waals surface area (Å²) in [5.74, 6) is -3.85. The molecule has 0 bridgehead atoms. The van der Waals surface area contributed by atoms with Crippen molar-refractivity contribution in [2.45, 2.75) is 51.9 Å². The Kier molecular flexibility index (Phi) is 6.26. The van der Waals surface area contributed by atoms with Crippen molar-refractivity contribution >= 4 is 5.97 Å². The molecule has 30 heavy (non-hydrogen) atoms. The normalized spacial score (nSPS) is 15.4. The highest BCUT2D eigenvalue weighted by Gasteiger charge is 2.32. The highest BCUT2D eigenvalue weighted by Crippen LogP contribution is 2.39. The fraction of sp³-hybridized carbons (Fsp3) is 0.409. The minimum absolute atomic E-state index is 0.120. The van der Waals surface area contributed by atoms with E-state index < -0.39 is 40.9 Å². The van der Waals surface area contributed by atoms with Crippen molar-refractivity contribution in [2.75, 3.05) is 6.61 Å². The summed E-state index contributed by atoms with van der Waals surface area (Å²) in [5, 5.41) is 9.13. The van der Waals surface area contributed by atoms with Gasteiger partial charge >= 0.3 is 5.97 Å². The average molecular weight is 424 g/mol. The van der Waals surface area contributed by atoms with Gasteiger partial charge in [0.15, 0.2) is 23.5 Å². The van der Waals surface area contributed by atoms with E-state index in [1.807, 2.05) is 13.8 Å². The van der Waals surface area contributed by atoms with Crippen molar-refractivity contribution < 1.29 is 37.3 Å². The number of rotatable bonds is 8. The Morgan fingerprint density at radius 1 is 1.20 bits per heavy atom. The van der Waals surface area contributed by atoms with Crippen LogP contribution in [-0.2, 0) is 29.0 Å². The number of carboxylic acids is 1. The first-order valence-corrected chi connectivity index (χ1v) is 9.55. The molecule has 1 unspecified atom stereocenters. The topological polar surface area (TPSA) is 65.0 Å². The molecule has 0 spiro atoms. The van der Waals surface area contributed by atoms with Gasteiger partial charge in [0.25, 0.3) is 0 Å². The average Bonchev–Trinajstić information content (AvgIpc) is 2.94. The quantitative estimate of drug-likeness (QED) is 0.679. The van der Waals surface area contributed by atoms with E-state index in [4.69, 9.17) is 19.3 Å². The first-order valence-electron chi connectivity index (χ1n) is 9.55. The number of hydrogen-bond donors (Lipinski definition) is 1. The molecule has 1 atom stereocenters. The third-order valence-corrected chi connectivity index (χ3v) is 4.70. The standard InChI is InChI=1S/C22H23F3O5/c1-4-28-18(21(26)27)7-12-5-16(24)20(17(25)6-12)29-11-14-9-15(23)8-13-10-22(2,3)30-19(13)14/h5-6,8-9,18H,4,7,10-11H2,1-3H3,(H,26,27). The number of aliphatic carboxylic acids is 1. The smallest absolute Gasteiger partial charge is 0.333 e. The second-order valence-electron chi connectivity index (χ2n) is 7.76. The van der Waals surface area contributed by atoms with Crippen molar-refractivity contribution in [1.29, 1.82) is 0 Å². The molecular formula is C22H23F3O5. The number of hydrogen-bond acceptors (Lipinski definition) is 4. The molecule has 2 aromatic carbocycles. The van der Waals surface area contributed by atoms with E-state index in [0.29, 0.717) is 23.3 Å². The van der Waals surface area contributed by atoms with Crippen LogP contribution in [-0.4, -0.2) is 29.4 Å². The molecule has 1 aliphatic heterocycles. The molecule has 0 radical (unpaired) electrons. The molecular weight excluding hydrogens is 401 g/mol. The van der Waals surface area contributed by atoms with Crippen LogP contribution in [0.15, 0.2) is 24.3 Å². The van der Waals surface area contributed by atoms with Gasteiger partial charge in [-0.3, -0.25) is 0 Å². The summed E-state index contributed by atoms with van der Waals surface area (Å²) in [4.78, 5) is 11.2. The van der Waals surface area contributed by atoms with E-state index in [1.54, 1.807) is 6.92 Å². The van der Waals surface area contributed by atoms with E-state index in [-0.39, 0.29) is 25.2 Å². The molecule has 2 aromatic rings. The van der Waals surface area contributed by atoms with Crippen molar-refractivity contribution in [3.63, 3.8) is 0 Å². The third-order valence-electron chi connectivity index (χ3n) is 4.70. The zero-order chi connectivity index (χ0) is 22.1. The van der Waals surface area contributed by atoms with E-state index in [2.05, 4.69) is 0 Å². The lowest BCUT2D eigenvalue weighted by atomic mass is 10.0. The molecule has 3 rings (SSSR count). The number of halogens is 3. The summed E-state index contributed by atoms with van der Waals surface area (Å²) in [5.41, 5.74) is 0.630. The molecule has 8 heteroatoms. The number of carboxylic acid groups (broad SMARTS) is 1. The van der Waals surface area contributed by atoms with Crippen LogP contribution in [0.1, 0.15) is 37.5 Å². The molecule has 5 nitrogen and oxygen atoms in total. The van der Waals surface area contributed by atoms with Gasteiger partial charge in [0.2, 0.25) is 0 Å². The van der Waals surface area contributed by atoms with Crippen LogP contribution >= 0.6 is 0 Å². The molecule has 0 saturated heterocycles. The minimum atomic E-state index is -1.22. The maximum absolute atomic E-state index is 14.5. The lowest BCUT2D eigenvalue weighted by Crippen LogP contribution is -2.26. The van der Waals surface area contributed by atoms with E-state index in [9.17, 15) is 18.0 Å². The molecule has 1 N–H and O–H groups in total. The van der Waals surface area contributed by atoms with Gasteiger partial charge in [-0.25, -0.2) is 18.0 Å². The first kappa shape index (κ1) is 22.0. The Bertz CT molecular complexity index is 935. The third kappa shape index (κ3) is 4.87. The van der Waals surface area contributed by atoms with Gasteiger partial charge in [0.1, 0.15) is 23.8 Å². The van der Waals surface area contributed by atoms with Gasteiger partial charge in [-0.15, -0.1) is 0 Å². The van der Waals surface area contributed by atoms with Crippen molar-refractivity contribution in [3.05, 3.63) is 58.4 Å². The fourth-order valence-electron chi connectivity index (χ4n) is 3.50.